The van der Waals surface area contributed by atoms with E-state index in [2.05, 4.69) is 15.9 Å². The van der Waals surface area contributed by atoms with Gasteiger partial charge in [0.15, 0.2) is 0 Å². The number of rotatable bonds is 2. The summed E-state index contributed by atoms with van der Waals surface area (Å²) >= 11 is 2.93. The first kappa shape index (κ1) is 8.92. The van der Waals surface area contributed by atoms with Crippen molar-refractivity contribution in [2.24, 2.45) is 0 Å². The van der Waals surface area contributed by atoms with Crippen LogP contribution in [-0.4, -0.2) is 15.8 Å². The van der Waals surface area contributed by atoms with Gasteiger partial charge in [-0.3, -0.25) is 14.3 Å². The van der Waals surface area contributed by atoms with E-state index in [9.17, 15) is 14.4 Å². The lowest BCUT2D eigenvalue weighted by molar-refractivity contribution is -0.108. The molecule has 1 aromatic rings. The van der Waals surface area contributed by atoms with Crippen LogP contribution in [0.5, 0.6) is 0 Å². The monoisotopic (exact) mass is 232 g/mol. The van der Waals surface area contributed by atoms with Crippen LogP contribution < -0.4 is 11.2 Å². The van der Waals surface area contributed by atoms with Crippen molar-refractivity contribution in [3.63, 3.8) is 0 Å². The average molecular weight is 233 g/mol. The van der Waals surface area contributed by atoms with Crippen molar-refractivity contribution in [2.75, 3.05) is 0 Å². The van der Waals surface area contributed by atoms with Crippen LogP contribution in [-0.2, 0) is 11.3 Å². The Hall–Kier alpha value is -1.17. The Kier molecular flexibility index (Phi) is 2.59. The van der Waals surface area contributed by atoms with Crippen LogP contribution in [0.2, 0.25) is 0 Å². The van der Waals surface area contributed by atoms with Gasteiger partial charge in [-0.1, -0.05) is 0 Å². The summed E-state index contributed by atoms with van der Waals surface area (Å²) in [6.07, 6.45) is 1.85. The maximum atomic E-state index is 10.9. The smallest absolute Gasteiger partial charge is 0.301 e. The van der Waals surface area contributed by atoms with Crippen LogP contribution in [0.25, 0.3) is 0 Å². The Labute approximate surface area is 75.2 Å². The summed E-state index contributed by atoms with van der Waals surface area (Å²) in [5.74, 6) is 0. The zero-order valence-electron chi connectivity index (χ0n) is 5.91. The lowest BCUT2D eigenvalue weighted by Crippen LogP contribution is -2.30. The van der Waals surface area contributed by atoms with E-state index in [1.807, 2.05) is 4.98 Å². The number of halogens is 1. The third-order valence-corrected chi connectivity index (χ3v) is 1.80. The Morgan fingerprint density at radius 2 is 2.25 bits per heavy atom. The van der Waals surface area contributed by atoms with Crippen molar-refractivity contribution in [2.45, 2.75) is 6.54 Å². The minimum atomic E-state index is -0.588. The highest BCUT2D eigenvalue weighted by Gasteiger charge is 1.99. The van der Waals surface area contributed by atoms with Gasteiger partial charge in [-0.25, -0.2) is 4.79 Å². The molecule has 0 aliphatic carbocycles. The number of aldehydes is 1. The van der Waals surface area contributed by atoms with Gasteiger partial charge < -0.3 is 4.79 Å². The van der Waals surface area contributed by atoms with Gasteiger partial charge in [0.2, 0.25) is 0 Å². The lowest BCUT2D eigenvalue weighted by Gasteiger charge is -1.98. The van der Waals surface area contributed by atoms with Gasteiger partial charge in [0, 0.05) is 6.20 Å². The summed E-state index contributed by atoms with van der Waals surface area (Å²) in [6, 6.07) is 0. The third kappa shape index (κ3) is 1.70. The molecule has 0 spiro atoms. The van der Waals surface area contributed by atoms with E-state index in [1.54, 1.807) is 0 Å². The Bertz CT molecular complexity index is 406. The Morgan fingerprint density at radius 3 is 2.83 bits per heavy atom. The maximum absolute atomic E-state index is 10.9. The van der Waals surface area contributed by atoms with E-state index in [0.29, 0.717) is 6.29 Å². The third-order valence-electron chi connectivity index (χ3n) is 1.24. The molecule has 0 radical (unpaired) electrons. The summed E-state index contributed by atoms with van der Waals surface area (Å²) in [5, 5.41) is 0. The fraction of sp³-hybridized carbons (Fsp3) is 0.167. The molecule has 6 heteroatoms. The molecule has 1 aromatic heterocycles. The predicted octanol–water partition coefficient (Wildman–Crippen LogP) is -0.502. The predicted molar refractivity (Wildman–Crippen MR) is 45.1 cm³/mol. The largest absolute Gasteiger partial charge is 0.328 e. The lowest BCUT2D eigenvalue weighted by atomic mass is 10.6. The van der Waals surface area contributed by atoms with E-state index in [-0.39, 0.29) is 11.0 Å². The minimum Gasteiger partial charge on any atom is -0.301 e. The van der Waals surface area contributed by atoms with Gasteiger partial charge >= 0.3 is 5.69 Å². The molecule has 1 heterocycles. The van der Waals surface area contributed by atoms with E-state index in [0.717, 1.165) is 4.57 Å². The van der Waals surface area contributed by atoms with Gasteiger partial charge in [0.1, 0.15) is 6.29 Å². The van der Waals surface area contributed by atoms with E-state index >= 15 is 0 Å². The highest BCUT2D eigenvalue weighted by atomic mass is 79.9. The number of carbonyl (C=O) groups is 1. The average Bonchev–Trinajstić information content (AvgIpc) is 2.01. The van der Waals surface area contributed by atoms with Gasteiger partial charge in [-0.15, -0.1) is 0 Å². The van der Waals surface area contributed by atoms with Gasteiger partial charge in [-0.2, -0.15) is 0 Å². The number of hydrogen-bond acceptors (Lipinski definition) is 3. The van der Waals surface area contributed by atoms with Crippen LogP contribution in [0.4, 0.5) is 0 Å². The molecule has 0 saturated carbocycles. The molecule has 0 aliphatic heterocycles. The van der Waals surface area contributed by atoms with Crippen LogP contribution in [0.3, 0.4) is 0 Å². The SMILES string of the molecule is O=CCn1cc(Br)c(=O)[nH]c1=O. The van der Waals surface area contributed by atoms with Crippen molar-refractivity contribution in [3.05, 3.63) is 31.5 Å². The molecule has 0 fully saturated rings. The normalized spacial score (nSPS) is 9.75. The number of hydrogen-bond donors (Lipinski definition) is 1. The summed E-state index contributed by atoms with van der Waals surface area (Å²) in [7, 11) is 0. The summed E-state index contributed by atoms with van der Waals surface area (Å²) in [5.41, 5.74) is -1.09. The molecule has 0 aliphatic rings. The molecule has 12 heavy (non-hydrogen) atoms. The molecule has 1 rings (SSSR count). The van der Waals surface area contributed by atoms with Crippen LogP contribution in [0.1, 0.15) is 0 Å². The van der Waals surface area contributed by atoms with Crippen LogP contribution in [0, 0.1) is 0 Å². The second-order valence-corrected chi connectivity index (χ2v) is 2.91. The standard InChI is InChI=1S/C6H5BrN2O3/c7-4-3-9(1-2-10)6(12)8-5(4)11/h2-3H,1H2,(H,8,11,12). The topological polar surface area (TPSA) is 71.9 Å². The second kappa shape index (κ2) is 3.48. The summed E-state index contributed by atoms with van der Waals surface area (Å²) in [6.45, 7) is -0.0613. The van der Waals surface area contributed by atoms with Crippen molar-refractivity contribution in [1.29, 1.82) is 0 Å². The van der Waals surface area contributed by atoms with Crippen molar-refractivity contribution < 1.29 is 4.79 Å². The van der Waals surface area contributed by atoms with Crippen molar-refractivity contribution in [1.82, 2.24) is 9.55 Å². The molecular weight excluding hydrogens is 228 g/mol. The first-order valence-corrected chi connectivity index (χ1v) is 3.87. The molecule has 5 nitrogen and oxygen atoms in total. The van der Waals surface area contributed by atoms with E-state index in [1.165, 1.54) is 6.20 Å². The highest BCUT2D eigenvalue weighted by Crippen LogP contribution is 1.96. The second-order valence-electron chi connectivity index (χ2n) is 2.06. The van der Waals surface area contributed by atoms with E-state index in [4.69, 9.17) is 0 Å². The molecule has 0 aromatic carbocycles. The van der Waals surface area contributed by atoms with Crippen LogP contribution >= 0.6 is 15.9 Å². The van der Waals surface area contributed by atoms with Crippen molar-refractivity contribution in [3.8, 4) is 0 Å². The molecule has 0 atom stereocenters. The molecule has 1 N–H and O–H groups in total. The van der Waals surface area contributed by atoms with Crippen LogP contribution in [0.15, 0.2) is 20.3 Å². The molecule has 0 saturated heterocycles. The molecule has 0 unspecified atom stereocenters. The zero-order valence-corrected chi connectivity index (χ0v) is 7.50. The molecule has 0 amide bonds. The van der Waals surface area contributed by atoms with Crippen molar-refractivity contribution >= 4 is 22.2 Å². The number of aromatic nitrogens is 2. The molecule has 64 valence electrons. The number of nitrogens with zero attached hydrogens (tertiary/aromatic N) is 1. The quantitative estimate of drug-likeness (QED) is 0.699. The van der Waals surface area contributed by atoms with Gasteiger partial charge in [-0.05, 0) is 15.9 Å². The Balaban J connectivity index is 3.32. The number of aromatic amines is 1. The first-order valence-electron chi connectivity index (χ1n) is 3.08. The summed E-state index contributed by atoms with van der Waals surface area (Å²) < 4.78 is 1.32. The highest BCUT2D eigenvalue weighted by molar-refractivity contribution is 9.10. The Morgan fingerprint density at radius 1 is 1.58 bits per heavy atom. The fourth-order valence-electron chi connectivity index (χ4n) is 0.699. The number of H-pyrrole nitrogens is 1. The van der Waals surface area contributed by atoms with Gasteiger partial charge in [0.25, 0.3) is 5.56 Å². The summed E-state index contributed by atoms with van der Waals surface area (Å²) in [4.78, 5) is 33.8. The molecule has 0 bridgehead atoms. The van der Waals surface area contributed by atoms with Gasteiger partial charge in [0.05, 0.1) is 11.0 Å². The van der Waals surface area contributed by atoms with E-state index < -0.39 is 11.2 Å². The number of nitrogens with one attached hydrogen (secondary N) is 1. The first-order chi connectivity index (χ1) is 5.65. The maximum Gasteiger partial charge on any atom is 0.328 e. The molecular formula is C6H5BrN2O3. The zero-order chi connectivity index (χ0) is 9.14. The number of carbonyl (C=O) groups excluding carboxylic acids is 1. The minimum absolute atomic E-state index is 0.0613. The fourth-order valence-corrected chi connectivity index (χ4v) is 1.04.